The van der Waals surface area contributed by atoms with Crippen molar-refractivity contribution in [3.8, 4) is 5.75 Å². The molecular weight excluding hydrogens is 410 g/mol. The summed E-state index contributed by atoms with van der Waals surface area (Å²) in [5, 5.41) is 13.2. The summed E-state index contributed by atoms with van der Waals surface area (Å²) in [5.74, 6) is 1.26. The van der Waals surface area contributed by atoms with E-state index in [0.29, 0.717) is 28.1 Å². The zero-order valence-corrected chi connectivity index (χ0v) is 16.6. The van der Waals surface area contributed by atoms with E-state index in [1.807, 2.05) is 20.8 Å². The van der Waals surface area contributed by atoms with Crippen LogP contribution in [0.15, 0.2) is 31.9 Å². The molecule has 0 aliphatic rings. The topological polar surface area (TPSA) is 88.8 Å². The van der Waals surface area contributed by atoms with Crippen LogP contribution in [0.5, 0.6) is 5.75 Å². The third-order valence-electron chi connectivity index (χ3n) is 3.07. The van der Waals surface area contributed by atoms with Crippen LogP contribution in [0.2, 0.25) is 0 Å². The Morgan fingerprint density at radius 3 is 2.76 bits per heavy atom. The number of amides is 1. The lowest BCUT2D eigenvalue weighted by Crippen LogP contribution is -2.33. The van der Waals surface area contributed by atoms with Gasteiger partial charge in [-0.2, -0.15) is 11.8 Å². The Balaban J connectivity index is 1.94. The van der Waals surface area contributed by atoms with Crippen LogP contribution in [-0.4, -0.2) is 29.1 Å². The van der Waals surface area contributed by atoms with E-state index in [2.05, 4.69) is 21.2 Å². The monoisotopic (exact) mass is 429 g/mol. The van der Waals surface area contributed by atoms with Crippen LogP contribution in [0.1, 0.15) is 26.3 Å². The first kappa shape index (κ1) is 19.7. The van der Waals surface area contributed by atoms with Gasteiger partial charge in [0, 0.05) is 35.6 Å². The van der Waals surface area contributed by atoms with Crippen LogP contribution < -0.4 is 10.9 Å². The molecule has 2 rings (SSSR count). The number of carbonyl (C=O) groups is 1. The smallest absolute Gasteiger partial charge is 0.407 e. The van der Waals surface area contributed by atoms with E-state index in [1.54, 1.807) is 17.8 Å². The standard InChI is InChI=1S/C17H20BrNO5S/c1-17(2,3)24-16(22)19-4-5-25-9-10-6-15(21)23-14-8-13(20)12(18)7-11(10)14/h6-8,20H,4-5,9H2,1-3H3,(H,19,22). The molecule has 0 unspecified atom stereocenters. The predicted octanol–water partition coefficient (Wildman–Crippen LogP) is 4.02. The van der Waals surface area contributed by atoms with Crippen molar-refractivity contribution in [3.63, 3.8) is 0 Å². The Bertz CT molecular complexity index is 828. The van der Waals surface area contributed by atoms with Gasteiger partial charge in [0.2, 0.25) is 0 Å². The first-order chi connectivity index (χ1) is 11.7. The van der Waals surface area contributed by atoms with E-state index in [9.17, 15) is 14.7 Å². The molecule has 8 heteroatoms. The number of fused-ring (bicyclic) bond motifs is 1. The highest BCUT2D eigenvalue weighted by atomic mass is 79.9. The van der Waals surface area contributed by atoms with Gasteiger partial charge in [-0.05, 0) is 48.3 Å². The van der Waals surface area contributed by atoms with Gasteiger partial charge in [0.15, 0.2) is 0 Å². The normalized spacial score (nSPS) is 11.5. The van der Waals surface area contributed by atoms with Crippen molar-refractivity contribution in [3.05, 3.63) is 38.7 Å². The highest BCUT2D eigenvalue weighted by molar-refractivity contribution is 9.10. The number of hydrogen-bond acceptors (Lipinski definition) is 6. The molecule has 1 aromatic carbocycles. The molecule has 0 radical (unpaired) electrons. The van der Waals surface area contributed by atoms with Crippen LogP contribution in [-0.2, 0) is 10.5 Å². The minimum atomic E-state index is -0.521. The Morgan fingerprint density at radius 2 is 2.08 bits per heavy atom. The van der Waals surface area contributed by atoms with Crippen molar-refractivity contribution < 1.29 is 19.1 Å². The summed E-state index contributed by atoms with van der Waals surface area (Å²) in [6.45, 7) is 5.89. The second kappa shape index (κ2) is 8.14. The summed E-state index contributed by atoms with van der Waals surface area (Å²) in [5.41, 5.74) is 0.175. The van der Waals surface area contributed by atoms with Crippen molar-refractivity contribution >= 4 is 44.8 Å². The van der Waals surface area contributed by atoms with Gasteiger partial charge < -0.3 is 19.6 Å². The highest BCUT2D eigenvalue weighted by Gasteiger charge is 2.15. The van der Waals surface area contributed by atoms with E-state index >= 15 is 0 Å². The minimum Gasteiger partial charge on any atom is -0.507 e. The highest BCUT2D eigenvalue weighted by Crippen LogP contribution is 2.31. The SMILES string of the molecule is CC(C)(C)OC(=O)NCCSCc1cc(=O)oc2cc(O)c(Br)cc12. The van der Waals surface area contributed by atoms with Gasteiger partial charge >= 0.3 is 11.7 Å². The summed E-state index contributed by atoms with van der Waals surface area (Å²) in [6, 6.07) is 4.58. The number of phenolic OH excluding ortho intramolecular Hbond substituents is 1. The maximum atomic E-state index is 11.7. The van der Waals surface area contributed by atoms with Crippen LogP contribution >= 0.6 is 27.7 Å². The summed E-state index contributed by atoms with van der Waals surface area (Å²) in [4.78, 5) is 23.2. The molecule has 0 atom stereocenters. The number of ether oxygens (including phenoxy) is 1. The Hall–Kier alpha value is -1.67. The molecule has 1 aromatic heterocycles. The molecule has 0 bridgehead atoms. The molecule has 1 amide bonds. The number of alkyl carbamates (subject to hydrolysis) is 1. The second-order valence-corrected chi connectivity index (χ2v) is 8.33. The lowest BCUT2D eigenvalue weighted by atomic mass is 10.1. The van der Waals surface area contributed by atoms with E-state index in [0.717, 1.165) is 10.9 Å². The number of hydrogen-bond donors (Lipinski definition) is 2. The molecule has 0 aliphatic carbocycles. The number of carbonyl (C=O) groups excluding carboxylic acids is 1. The van der Waals surface area contributed by atoms with Crippen LogP contribution in [0.4, 0.5) is 4.79 Å². The Morgan fingerprint density at radius 1 is 1.36 bits per heavy atom. The van der Waals surface area contributed by atoms with E-state index in [1.165, 1.54) is 12.1 Å². The van der Waals surface area contributed by atoms with Crippen molar-refractivity contribution in [1.82, 2.24) is 5.32 Å². The molecular formula is C17H20BrNO5S. The fraction of sp³-hybridized carbons (Fsp3) is 0.412. The lowest BCUT2D eigenvalue weighted by molar-refractivity contribution is 0.0531. The molecule has 136 valence electrons. The molecule has 2 N–H and O–H groups in total. The number of rotatable bonds is 5. The van der Waals surface area contributed by atoms with Crippen LogP contribution in [0, 0.1) is 0 Å². The fourth-order valence-corrected chi connectivity index (χ4v) is 3.27. The average molecular weight is 430 g/mol. The maximum absolute atomic E-state index is 11.7. The van der Waals surface area contributed by atoms with E-state index < -0.39 is 17.3 Å². The van der Waals surface area contributed by atoms with Crippen LogP contribution in [0.3, 0.4) is 0 Å². The third-order valence-corrected chi connectivity index (χ3v) is 4.71. The second-order valence-electron chi connectivity index (χ2n) is 6.37. The molecule has 2 aromatic rings. The molecule has 6 nitrogen and oxygen atoms in total. The number of benzene rings is 1. The molecule has 1 heterocycles. The zero-order chi connectivity index (χ0) is 18.6. The number of aromatic hydroxyl groups is 1. The molecule has 0 saturated carbocycles. The van der Waals surface area contributed by atoms with E-state index in [4.69, 9.17) is 9.15 Å². The Kier molecular flexibility index (Phi) is 6.40. The van der Waals surface area contributed by atoms with Crippen molar-refractivity contribution in [2.45, 2.75) is 32.1 Å². The fourth-order valence-electron chi connectivity index (χ4n) is 2.08. The molecule has 0 spiro atoms. The van der Waals surface area contributed by atoms with Gasteiger partial charge in [-0.25, -0.2) is 9.59 Å². The quantitative estimate of drug-likeness (QED) is 0.550. The number of phenols is 1. The van der Waals surface area contributed by atoms with Gasteiger partial charge in [0.1, 0.15) is 16.9 Å². The summed E-state index contributed by atoms with van der Waals surface area (Å²) < 4.78 is 10.8. The first-order valence-corrected chi connectivity index (χ1v) is 9.60. The largest absolute Gasteiger partial charge is 0.507 e. The lowest BCUT2D eigenvalue weighted by Gasteiger charge is -2.19. The number of thioether (sulfide) groups is 1. The minimum absolute atomic E-state index is 0.0158. The average Bonchev–Trinajstić information content (AvgIpc) is 2.46. The molecule has 0 saturated heterocycles. The maximum Gasteiger partial charge on any atom is 0.407 e. The van der Waals surface area contributed by atoms with Crippen LogP contribution in [0.25, 0.3) is 11.0 Å². The van der Waals surface area contributed by atoms with Gasteiger partial charge in [0.05, 0.1) is 4.47 Å². The van der Waals surface area contributed by atoms with Crippen molar-refractivity contribution in [2.24, 2.45) is 0 Å². The summed E-state index contributed by atoms with van der Waals surface area (Å²) in [7, 11) is 0. The van der Waals surface area contributed by atoms with Gasteiger partial charge in [0.25, 0.3) is 0 Å². The molecule has 25 heavy (non-hydrogen) atoms. The van der Waals surface area contributed by atoms with Crippen molar-refractivity contribution in [2.75, 3.05) is 12.3 Å². The summed E-state index contributed by atoms with van der Waals surface area (Å²) in [6.07, 6.45) is -0.446. The Labute approximate surface area is 158 Å². The molecule has 0 aliphatic heterocycles. The third kappa shape index (κ3) is 5.97. The predicted molar refractivity (Wildman–Crippen MR) is 102 cm³/mol. The van der Waals surface area contributed by atoms with Gasteiger partial charge in [-0.1, -0.05) is 0 Å². The number of halogens is 1. The van der Waals surface area contributed by atoms with Crippen molar-refractivity contribution in [1.29, 1.82) is 0 Å². The van der Waals surface area contributed by atoms with E-state index in [-0.39, 0.29) is 5.75 Å². The molecule has 0 fully saturated rings. The summed E-state index contributed by atoms with van der Waals surface area (Å²) >= 11 is 4.84. The first-order valence-electron chi connectivity index (χ1n) is 7.65. The number of nitrogens with one attached hydrogen (secondary N) is 1. The van der Waals surface area contributed by atoms with Gasteiger partial charge in [-0.3, -0.25) is 0 Å². The van der Waals surface area contributed by atoms with Gasteiger partial charge in [-0.15, -0.1) is 0 Å². The zero-order valence-electron chi connectivity index (χ0n) is 14.2.